The highest BCUT2D eigenvalue weighted by molar-refractivity contribution is 6.03. The Hall–Kier alpha value is -3.41. The van der Waals surface area contributed by atoms with Gasteiger partial charge in [0.15, 0.2) is 0 Å². The number of hydrogen-bond acceptors (Lipinski definition) is 5. The van der Waals surface area contributed by atoms with E-state index in [-0.39, 0.29) is 5.91 Å². The van der Waals surface area contributed by atoms with Crippen LogP contribution in [0.4, 0.5) is 11.5 Å². The van der Waals surface area contributed by atoms with Crippen LogP contribution in [0.25, 0.3) is 0 Å². The first kappa shape index (κ1) is 18.4. The monoisotopic (exact) mass is 362 g/mol. The van der Waals surface area contributed by atoms with Crippen molar-refractivity contribution < 1.29 is 9.53 Å². The van der Waals surface area contributed by atoms with E-state index >= 15 is 0 Å². The molecule has 3 aromatic rings. The molecule has 0 atom stereocenters. The average Bonchev–Trinajstić information content (AvgIpc) is 2.71. The Morgan fingerprint density at radius 2 is 1.81 bits per heavy atom. The number of hydrogen-bond donors (Lipinski definition) is 2. The molecule has 1 amide bonds. The fourth-order valence-electron chi connectivity index (χ4n) is 2.55. The molecule has 3 rings (SSSR count). The molecule has 2 N–H and O–H groups in total. The average molecular weight is 362 g/mol. The Labute approximate surface area is 158 Å². The summed E-state index contributed by atoms with van der Waals surface area (Å²) in [4.78, 5) is 20.6. The van der Waals surface area contributed by atoms with Crippen molar-refractivity contribution in [2.24, 2.45) is 0 Å². The lowest BCUT2D eigenvalue weighted by Crippen LogP contribution is -2.15. The van der Waals surface area contributed by atoms with Gasteiger partial charge in [-0.15, -0.1) is 0 Å². The van der Waals surface area contributed by atoms with E-state index < -0.39 is 0 Å². The van der Waals surface area contributed by atoms with Gasteiger partial charge in [-0.1, -0.05) is 30.3 Å². The van der Waals surface area contributed by atoms with E-state index in [1.807, 2.05) is 37.3 Å². The maximum absolute atomic E-state index is 12.4. The van der Waals surface area contributed by atoms with Crippen molar-refractivity contribution in [3.63, 3.8) is 0 Å². The maximum atomic E-state index is 12.4. The van der Waals surface area contributed by atoms with Crippen LogP contribution in [0.3, 0.4) is 0 Å². The Balaban J connectivity index is 1.56. The van der Waals surface area contributed by atoms with Crippen LogP contribution in [0.2, 0.25) is 0 Å². The van der Waals surface area contributed by atoms with Crippen LogP contribution in [0.15, 0.2) is 67.0 Å². The van der Waals surface area contributed by atoms with E-state index in [1.54, 1.807) is 18.2 Å². The third kappa shape index (κ3) is 5.54. The summed E-state index contributed by atoms with van der Waals surface area (Å²) < 4.78 is 5.39. The summed E-state index contributed by atoms with van der Waals surface area (Å²) in [6.45, 7) is 3.25. The highest BCUT2D eigenvalue weighted by atomic mass is 16.5. The van der Waals surface area contributed by atoms with Crippen molar-refractivity contribution in [2.45, 2.75) is 13.3 Å². The molecule has 0 radical (unpaired) electrons. The van der Waals surface area contributed by atoms with Gasteiger partial charge >= 0.3 is 0 Å². The number of carbonyl (C=O) groups is 1. The summed E-state index contributed by atoms with van der Waals surface area (Å²) in [6, 6.07) is 19.1. The molecule has 2 aromatic carbocycles. The third-order valence-corrected chi connectivity index (χ3v) is 3.89. The van der Waals surface area contributed by atoms with Crippen LogP contribution in [0, 0.1) is 0 Å². The first-order valence-electron chi connectivity index (χ1n) is 8.88. The highest BCUT2D eigenvalue weighted by Crippen LogP contribution is 2.16. The second-order valence-corrected chi connectivity index (χ2v) is 5.86. The molecule has 0 unspecified atom stereocenters. The van der Waals surface area contributed by atoms with Crippen molar-refractivity contribution in [2.75, 3.05) is 23.8 Å². The van der Waals surface area contributed by atoms with Crippen molar-refractivity contribution >= 4 is 17.4 Å². The smallest absolute Gasteiger partial charge is 0.274 e. The van der Waals surface area contributed by atoms with Crippen LogP contribution >= 0.6 is 0 Å². The van der Waals surface area contributed by atoms with Gasteiger partial charge < -0.3 is 15.4 Å². The van der Waals surface area contributed by atoms with E-state index in [2.05, 4.69) is 32.7 Å². The largest absolute Gasteiger partial charge is 0.494 e. The first-order chi connectivity index (χ1) is 13.2. The first-order valence-corrected chi connectivity index (χ1v) is 8.88. The van der Waals surface area contributed by atoms with Gasteiger partial charge in [-0.25, -0.2) is 9.97 Å². The predicted molar refractivity (Wildman–Crippen MR) is 106 cm³/mol. The fourth-order valence-corrected chi connectivity index (χ4v) is 2.55. The molecule has 0 saturated carbocycles. The summed E-state index contributed by atoms with van der Waals surface area (Å²) in [5.41, 5.74) is 2.23. The second kappa shape index (κ2) is 9.33. The van der Waals surface area contributed by atoms with E-state index in [0.717, 1.165) is 18.7 Å². The second-order valence-electron chi connectivity index (χ2n) is 5.86. The van der Waals surface area contributed by atoms with Crippen LogP contribution in [-0.2, 0) is 6.42 Å². The lowest BCUT2D eigenvalue weighted by Gasteiger charge is -2.08. The number of amides is 1. The Bertz CT molecular complexity index is 867. The number of ether oxygens (including phenoxy) is 1. The summed E-state index contributed by atoms with van der Waals surface area (Å²) in [5.74, 6) is 1.10. The number of nitrogens with one attached hydrogen (secondary N) is 2. The molecular formula is C21H22N4O2. The van der Waals surface area contributed by atoms with Crippen molar-refractivity contribution in [3.8, 4) is 5.75 Å². The third-order valence-electron chi connectivity index (χ3n) is 3.89. The number of aromatic nitrogens is 2. The van der Waals surface area contributed by atoms with Gasteiger partial charge in [-0.2, -0.15) is 0 Å². The fraction of sp³-hybridized carbons (Fsp3) is 0.190. The molecular weight excluding hydrogens is 340 g/mol. The molecule has 0 aliphatic rings. The van der Waals surface area contributed by atoms with Crippen LogP contribution in [0.1, 0.15) is 23.0 Å². The van der Waals surface area contributed by atoms with Crippen molar-refractivity contribution in [1.29, 1.82) is 0 Å². The number of anilines is 2. The van der Waals surface area contributed by atoms with Gasteiger partial charge in [-0.3, -0.25) is 4.79 Å². The van der Waals surface area contributed by atoms with Gasteiger partial charge in [0.2, 0.25) is 0 Å². The molecule has 6 heteroatoms. The summed E-state index contributed by atoms with van der Waals surface area (Å²) in [7, 11) is 0. The van der Waals surface area contributed by atoms with Crippen LogP contribution in [0.5, 0.6) is 5.75 Å². The van der Waals surface area contributed by atoms with E-state index in [1.165, 1.54) is 11.9 Å². The molecule has 0 saturated heterocycles. The summed E-state index contributed by atoms with van der Waals surface area (Å²) >= 11 is 0. The Morgan fingerprint density at radius 1 is 1.04 bits per heavy atom. The minimum absolute atomic E-state index is 0.285. The Kier molecular flexibility index (Phi) is 6.35. The minimum atomic E-state index is -0.285. The molecule has 0 aliphatic heterocycles. The van der Waals surface area contributed by atoms with Gasteiger partial charge in [0.1, 0.15) is 23.6 Å². The molecule has 27 heavy (non-hydrogen) atoms. The normalized spacial score (nSPS) is 10.3. The highest BCUT2D eigenvalue weighted by Gasteiger charge is 2.09. The van der Waals surface area contributed by atoms with Gasteiger partial charge in [0.05, 0.1) is 6.61 Å². The maximum Gasteiger partial charge on any atom is 0.274 e. The zero-order valence-electron chi connectivity index (χ0n) is 15.2. The van der Waals surface area contributed by atoms with Crippen LogP contribution < -0.4 is 15.4 Å². The topological polar surface area (TPSA) is 76.1 Å². The Morgan fingerprint density at radius 3 is 2.56 bits per heavy atom. The van der Waals surface area contributed by atoms with E-state index in [9.17, 15) is 4.79 Å². The van der Waals surface area contributed by atoms with Gasteiger partial charge in [0, 0.05) is 18.3 Å². The number of carbonyl (C=O) groups excluding carboxylic acids is 1. The quantitative estimate of drug-likeness (QED) is 0.638. The van der Waals surface area contributed by atoms with E-state index in [4.69, 9.17) is 4.74 Å². The molecule has 138 valence electrons. The molecule has 1 heterocycles. The standard InChI is InChI=1S/C21H22N4O2/c1-2-27-18-10-8-17(9-11-18)25-21(26)19-14-20(24-15-23-19)22-13-12-16-6-4-3-5-7-16/h3-11,14-15H,2,12-13H2,1H3,(H,25,26)(H,22,23,24). The number of nitrogens with zero attached hydrogens (tertiary/aromatic N) is 2. The SMILES string of the molecule is CCOc1ccc(NC(=O)c2cc(NCCc3ccccc3)ncn2)cc1. The lowest BCUT2D eigenvalue weighted by atomic mass is 10.1. The molecule has 1 aromatic heterocycles. The molecule has 6 nitrogen and oxygen atoms in total. The number of benzene rings is 2. The minimum Gasteiger partial charge on any atom is -0.494 e. The lowest BCUT2D eigenvalue weighted by molar-refractivity contribution is 0.102. The molecule has 0 bridgehead atoms. The van der Waals surface area contributed by atoms with Crippen molar-refractivity contribution in [3.05, 3.63) is 78.2 Å². The van der Waals surface area contributed by atoms with Gasteiger partial charge in [-0.05, 0) is 43.2 Å². The van der Waals surface area contributed by atoms with Crippen molar-refractivity contribution in [1.82, 2.24) is 9.97 Å². The van der Waals surface area contributed by atoms with E-state index in [0.29, 0.717) is 23.8 Å². The molecule has 0 spiro atoms. The predicted octanol–water partition coefficient (Wildman–Crippen LogP) is 3.78. The van der Waals surface area contributed by atoms with Gasteiger partial charge in [0.25, 0.3) is 5.91 Å². The molecule has 0 aliphatic carbocycles. The summed E-state index contributed by atoms with van der Waals surface area (Å²) in [5, 5.41) is 6.05. The number of rotatable bonds is 8. The van der Waals surface area contributed by atoms with Crippen LogP contribution in [-0.4, -0.2) is 29.0 Å². The zero-order chi connectivity index (χ0) is 18.9. The zero-order valence-corrected chi connectivity index (χ0v) is 15.2. The molecule has 0 fully saturated rings. The summed E-state index contributed by atoms with van der Waals surface area (Å²) in [6.07, 6.45) is 2.26.